The van der Waals surface area contributed by atoms with Crippen LogP contribution in [0.25, 0.3) is 111 Å². The fourth-order valence-corrected chi connectivity index (χ4v) is 16.6. The summed E-state index contributed by atoms with van der Waals surface area (Å²) in [6.45, 7) is 28.6. The van der Waals surface area contributed by atoms with Gasteiger partial charge in [-0.3, -0.25) is 0 Å². The highest BCUT2D eigenvalue weighted by molar-refractivity contribution is 7.01. The molecule has 0 fully saturated rings. The van der Waals surface area contributed by atoms with E-state index in [9.17, 15) is 0 Å². The van der Waals surface area contributed by atoms with Crippen molar-refractivity contribution in [2.24, 2.45) is 0 Å². The van der Waals surface area contributed by atoms with Gasteiger partial charge in [0.1, 0.15) is 0 Å². The van der Waals surface area contributed by atoms with Gasteiger partial charge < -0.3 is 9.13 Å². The molecule has 2 aromatic heterocycles. The Morgan fingerprint density at radius 2 is 0.898 bits per heavy atom. The molecule has 0 atom stereocenters. The third kappa shape index (κ3) is 6.97. The van der Waals surface area contributed by atoms with Crippen LogP contribution in [-0.2, 0) is 27.1 Å². The van der Waals surface area contributed by atoms with Crippen LogP contribution in [0.1, 0.15) is 140 Å². The van der Waals surface area contributed by atoms with Crippen molar-refractivity contribution < 1.29 is 0 Å². The van der Waals surface area contributed by atoms with Crippen LogP contribution < -0.4 is 16.4 Å². The second kappa shape index (κ2) is 18.1. The van der Waals surface area contributed by atoms with Crippen molar-refractivity contribution in [2.45, 2.75) is 123 Å². The van der Waals surface area contributed by atoms with Crippen LogP contribution in [0.2, 0.25) is 0 Å². The van der Waals surface area contributed by atoms with Gasteiger partial charge in [0.05, 0.1) is 22.1 Å². The second-order valence-corrected chi connectivity index (χ2v) is 29.6. The van der Waals surface area contributed by atoms with Gasteiger partial charge in [-0.1, -0.05) is 259 Å². The molecule has 2 nitrogen and oxygen atoms in total. The molecule has 11 aromatic carbocycles. The summed E-state index contributed by atoms with van der Waals surface area (Å²) in [5.41, 5.74) is 33.4. The van der Waals surface area contributed by atoms with Gasteiger partial charge in [0.15, 0.2) is 0 Å². The van der Waals surface area contributed by atoms with E-state index >= 15 is 0 Å². The first kappa shape index (κ1) is 53.3. The van der Waals surface area contributed by atoms with Crippen molar-refractivity contribution in [3.8, 4) is 67.1 Å². The van der Waals surface area contributed by atoms with Gasteiger partial charge in [0.2, 0.25) is 0 Å². The van der Waals surface area contributed by atoms with Crippen LogP contribution in [-0.4, -0.2) is 15.8 Å². The van der Waals surface area contributed by atoms with Gasteiger partial charge in [0, 0.05) is 44.2 Å². The van der Waals surface area contributed by atoms with E-state index < -0.39 is 5.41 Å². The second-order valence-electron chi connectivity index (χ2n) is 29.6. The maximum atomic E-state index is 2.82. The van der Waals surface area contributed by atoms with E-state index in [4.69, 9.17) is 0 Å². The number of rotatable bonds is 8. The molecule has 0 amide bonds. The van der Waals surface area contributed by atoms with E-state index in [1.54, 1.807) is 0 Å². The van der Waals surface area contributed by atoms with E-state index in [1.165, 1.54) is 172 Å². The van der Waals surface area contributed by atoms with Gasteiger partial charge >= 0.3 is 0 Å². The summed E-state index contributed by atoms with van der Waals surface area (Å²) in [6, 6.07) is 84.0. The van der Waals surface area contributed by atoms with Crippen molar-refractivity contribution in [3.63, 3.8) is 0 Å². The molecule has 1 spiro atoms. The third-order valence-electron chi connectivity index (χ3n) is 22.1. The Morgan fingerprint density at radius 1 is 0.364 bits per heavy atom. The summed E-state index contributed by atoms with van der Waals surface area (Å²) in [5, 5.41) is 6.59. The van der Waals surface area contributed by atoms with Gasteiger partial charge in [-0.2, -0.15) is 0 Å². The Kier molecular flexibility index (Phi) is 11.0. The predicted octanol–water partition coefficient (Wildman–Crippen LogP) is 20.3. The summed E-state index contributed by atoms with van der Waals surface area (Å²) in [6.07, 6.45) is 2.05. The molecule has 13 aromatic rings. The number of benzene rings is 11. The first-order valence-corrected chi connectivity index (χ1v) is 32.4. The zero-order chi connectivity index (χ0) is 60.3. The smallest absolute Gasteiger partial charge is 0.253 e. The summed E-state index contributed by atoms with van der Waals surface area (Å²) in [7, 11) is 0. The number of aromatic nitrogens is 2. The zero-order valence-electron chi connectivity index (χ0n) is 53.1. The van der Waals surface area contributed by atoms with Crippen LogP contribution in [0, 0.1) is 0 Å². The molecule has 0 unspecified atom stereocenters. The minimum atomic E-state index is -0.616. The summed E-state index contributed by atoms with van der Waals surface area (Å²) < 4.78 is 5.63. The van der Waals surface area contributed by atoms with E-state index in [0.717, 1.165) is 12.8 Å². The van der Waals surface area contributed by atoms with Crippen molar-refractivity contribution in [2.75, 3.05) is 0 Å². The first-order valence-electron chi connectivity index (χ1n) is 32.4. The van der Waals surface area contributed by atoms with Gasteiger partial charge in [0.25, 0.3) is 6.71 Å². The average Bonchev–Trinajstić information content (AvgIpc) is 1.41. The van der Waals surface area contributed by atoms with Crippen molar-refractivity contribution in [1.82, 2.24) is 9.13 Å². The fraction of sp³-hybridized carbons (Fsp3) is 0.224. The lowest BCUT2D eigenvalue weighted by Gasteiger charge is -2.44. The molecule has 0 N–H and O–H groups in total. The monoisotopic (exact) mass is 1130 g/mol. The molecule has 0 radical (unpaired) electrons. The van der Waals surface area contributed by atoms with E-state index in [0.29, 0.717) is 0 Å². The van der Waals surface area contributed by atoms with Crippen LogP contribution in [0.4, 0.5) is 0 Å². The quantitative estimate of drug-likeness (QED) is 0.134. The molecule has 4 aliphatic rings. The van der Waals surface area contributed by atoms with Gasteiger partial charge in [-0.25, -0.2) is 0 Å². The third-order valence-corrected chi connectivity index (χ3v) is 22.1. The normalized spacial score (nSPS) is 14.3. The number of fused-ring (bicyclic) bond motifs is 13. The molecule has 0 saturated heterocycles. The van der Waals surface area contributed by atoms with Gasteiger partial charge in [-0.15, -0.1) is 0 Å². The molecular formula is C85H75BN2. The Hall–Kier alpha value is -8.92. The Balaban J connectivity index is 1.14. The summed E-state index contributed by atoms with van der Waals surface area (Å²) in [4.78, 5) is 0. The Bertz CT molecular complexity index is 5140. The lowest BCUT2D eigenvalue weighted by molar-refractivity contribution is 0.505. The molecule has 428 valence electrons. The minimum Gasteiger partial charge on any atom is -0.310 e. The SMILES string of the molecule is CCC(C)(C)c1cc2c3c(c1)c1cc(C(C)(C)CC)cc4c1n3-c1c(ccc3c1B2c1c2ccccc2cc2c(-c5ccc(C(C)(C)C)cc5-c5ccccc5)c(-c5ccc(C(C)(C)C)cc5-c5ccccc5)n-3c12)C41c2ccccc2-c2ccccc21. The predicted molar refractivity (Wildman–Crippen MR) is 376 cm³/mol. The zero-order valence-corrected chi connectivity index (χ0v) is 53.1. The van der Waals surface area contributed by atoms with Crippen molar-refractivity contribution in [1.29, 1.82) is 0 Å². The fourth-order valence-electron chi connectivity index (χ4n) is 16.6. The minimum absolute atomic E-state index is 0.0762. The van der Waals surface area contributed by atoms with Crippen LogP contribution in [0.3, 0.4) is 0 Å². The molecule has 88 heavy (non-hydrogen) atoms. The van der Waals surface area contributed by atoms with Crippen molar-refractivity contribution >= 4 is 66.6 Å². The Morgan fingerprint density at radius 3 is 1.50 bits per heavy atom. The maximum Gasteiger partial charge on any atom is 0.253 e. The van der Waals surface area contributed by atoms with Crippen LogP contribution in [0.15, 0.2) is 212 Å². The van der Waals surface area contributed by atoms with Gasteiger partial charge in [-0.05, 0) is 182 Å². The highest BCUT2D eigenvalue weighted by Crippen LogP contribution is 2.63. The molecule has 0 saturated carbocycles. The topological polar surface area (TPSA) is 9.86 Å². The molecule has 3 heteroatoms. The lowest BCUT2D eigenvalue weighted by atomic mass is 9.33. The molecule has 0 bridgehead atoms. The largest absolute Gasteiger partial charge is 0.310 e. The summed E-state index contributed by atoms with van der Waals surface area (Å²) >= 11 is 0. The lowest BCUT2D eigenvalue weighted by Crippen LogP contribution is -2.61. The number of hydrogen-bond donors (Lipinski definition) is 0. The molecule has 5 heterocycles. The maximum absolute atomic E-state index is 2.82. The van der Waals surface area contributed by atoms with Crippen LogP contribution in [0.5, 0.6) is 0 Å². The molecular weight excluding hydrogens is 1060 g/mol. The summed E-state index contributed by atoms with van der Waals surface area (Å²) in [5.74, 6) is 0. The van der Waals surface area contributed by atoms with Crippen LogP contribution >= 0.6 is 0 Å². The first-order chi connectivity index (χ1) is 42.3. The standard InChI is InChI=1S/C85H75BN2/c1-13-83(9,10)55-46-64-65-47-56(84(11,12)14-2)49-71-77(65)88-76(64)70(48-55)85(67-35-25-23-33-58(67)59-34-24-26-36-68(59)85)69-41-42-72-75(80(69)88)86(71)74-57-32-22-21-31-52(57)43-66-73(60-39-37-53(81(3,4)5)44-62(60)50-27-17-15-18-28-50)78(87(72)79(66)74)61-40-38-54(82(6,7)8)45-63(61)51-29-19-16-20-30-51/h15-49H,13-14H2,1-12H3. The van der Waals surface area contributed by atoms with E-state index in [1.807, 2.05) is 0 Å². The molecule has 17 rings (SSSR count). The number of nitrogens with zero attached hydrogens (tertiary/aromatic N) is 2. The highest BCUT2D eigenvalue weighted by atomic mass is 15.1. The highest BCUT2D eigenvalue weighted by Gasteiger charge is 2.55. The Labute approximate surface area is 519 Å². The van der Waals surface area contributed by atoms with E-state index in [2.05, 4.69) is 305 Å². The molecule has 1 aliphatic carbocycles. The van der Waals surface area contributed by atoms with Crippen molar-refractivity contribution in [3.05, 3.63) is 257 Å². The number of hydrogen-bond acceptors (Lipinski definition) is 0. The molecule has 3 aliphatic heterocycles. The average molecular weight is 1140 g/mol. The van der Waals surface area contributed by atoms with E-state index in [-0.39, 0.29) is 28.4 Å².